The number of hydrogen-bond donors (Lipinski definition) is 1. The van der Waals surface area contributed by atoms with Crippen LogP contribution in [0.15, 0.2) is 30.3 Å². The van der Waals surface area contributed by atoms with Gasteiger partial charge in [0.05, 0.1) is 11.4 Å². The van der Waals surface area contributed by atoms with E-state index in [4.69, 9.17) is 11.6 Å². The Balaban J connectivity index is 1.97. The highest BCUT2D eigenvalue weighted by atomic mass is 35.5. The van der Waals surface area contributed by atoms with Gasteiger partial charge in [-0.25, -0.2) is 0 Å². The highest BCUT2D eigenvalue weighted by molar-refractivity contribution is 6.30. The van der Waals surface area contributed by atoms with Crippen molar-refractivity contribution in [3.05, 3.63) is 52.3 Å². The molecule has 1 aromatic carbocycles. The average molecular weight is 278 g/mol. The summed E-state index contributed by atoms with van der Waals surface area (Å²) in [6, 6.07) is 10.4. The third-order valence-electron chi connectivity index (χ3n) is 3.35. The van der Waals surface area contributed by atoms with E-state index in [-0.39, 0.29) is 6.04 Å². The average Bonchev–Trinajstić information content (AvgIpc) is 2.77. The van der Waals surface area contributed by atoms with Crippen LogP contribution < -0.4 is 5.32 Å². The highest BCUT2D eigenvalue weighted by Crippen LogP contribution is 2.16. The first-order valence-electron chi connectivity index (χ1n) is 6.60. The molecule has 1 N–H and O–H groups in total. The number of benzene rings is 1. The van der Waals surface area contributed by atoms with Crippen molar-refractivity contribution in [2.24, 2.45) is 7.05 Å². The molecule has 4 heteroatoms. The van der Waals surface area contributed by atoms with Crippen molar-refractivity contribution in [1.82, 2.24) is 15.1 Å². The maximum atomic E-state index is 5.90. The number of hydrogen-bond acceptors (Lipinski definition) is 2. The van der Waals surface area contributed by atoms with Crippen LogP contribution in [0.5, 0.6) is 0 Å². The van der Waals surface area contributed by atoms with Crippen LogP contribution in [-0.4, -0.2) is 9.78 Å². The zero-order chi connectivity index (χ0) is 13.8. The summed E-state index contributed by atoms with van der Waals surface area (Å²) in [5.41, 5.74) is 3.58. The van der Waals surface area contributed by atoms with Crippen molar-refractivity contribution in [2.45, 2.75) is 32.9 Å². The van der Waals surface area contributed by atoms with Gasteiger partial charge in [0.2, 0.25) is 0 Å². The lowest BCUT2D eigenvalue weighted by atomic mass is 10.1. The number of halogens is 1. The van der Waals surface area contributed by atoms with Gasteiger partial charge in [-0.2, -0.15) is 5.10 Å². The summed E-state index contributed by atoms with van der Waals surface area (Å²) in [4.78, 5) is 0. The monoisotopic (exact) mass is 277 g/mol. The normalized spacial score (nSPS) is 12.6. The van der Waals surface area contributed by atoms with Crippen LogP contribution >= 0.6 is 11.6 Å². The van der Waals surface area contributed by atoms with Crippen molar-refractivity contribution in [3.63, 3.8) is 0 Å². The van der Waals surface area contributed by atoms with Crippen molar-refractivity contribution in [1.29, 1.82) is 0 Å². The molecule has 1 heterocycles. The van der Waals surface area contributed by atoms with Gasteiger partial charge in [0.25, 0.3) is 0 Å². The quantitative estimate of drug-likeness (QED) is 0.907. The molecule has 0 fully saturated rings. The summed E-state index contributed by atoms with van der Waals surface area (Å²) < 4.78 is 1.94. The first-order chi connectivity index (χ1) is 9.10. The molecule has 3 nitrogen and oxygen atoms in total. The number of aryl methyl sites for hydroxylation is 2. The molecule has 0 amide bonds. The first-order valence-corrected chi connectivity index (χ1v) is 6.98. The van der Waals surface area contributed by atoms with Gasteiger partial charge in [-0.1, -0.05) is 30.7 Å². The smallest absolute Gasteiger partial charge is 0.0625 e. The number of rotatable bonds is 5. The van der Waals surface area contributed by atoms with Crippen LogP contribution in [0.1, 0.15) is 36.8 Å². The lowest BCUT2D eigenvalue weighted by Gasteiger charge is -2.14. The minimum Gasteiger partial charge on any atom is -0.305 e. The highest BCUT2D eigenvalue weighted by Gasteiger charge is 2.07. The Morgan fingerprint density at radius 2 is 2.00 bits per heavy atom. The minimum atomic E-state index is 0.289. The Kier molecular flexibility index (Phi) is 4.61. The summed E-state index contributed by atoms with van der Waals surface area (Å²) in [5.74, 6) is 0. The lowest BCUT2D eigenvalue weighted by Crippen LogP contribution is -2.19. The molecule has 1 unspecified atom stereocenters. The van der Waals surface area contributed by atoms with Gasteiger partial charge in [0, 0.05) is 24.7 Å². The van der Waals surface area contributed by atoms with Gasteiger partial charge in [0.1, 0.15) is 0 Å². The molecule has 0 aliphatic heterocycles. The Morgan fingerprint density at radius 3 is 2.58 bits per heavy atom. The van der Waals surface area contributed by atoms with Crippen molar-refractivity contribution in [3.8, 4) is 0 Å². The molecule has 1 aromatic heterocycles. The molecule has 0 saturated heterocycles. The van der Waals surface area contributed by atoms with E-state index >= 15 is 0 Å². The van der Waals surface area contributed by atoms with Crippen LogP contribution in [0.3, 0.4) is 0 Å². The van der Waals surface area contributed by atoms with E-state index in [1.54, 1.807) is 0 Å². The molecule has 0 spiro atoms. The van der Waals surface area contributed by atoms with Crippen LogP contribution in [-0.2, 0) is 20.0 Å². The first kappa shape index (κ1) is 14.1. The molecule has 102 valence electrons. The minimum absolute atomic E-state index is 0.289. The summed E-state index contributed by atoms with van der Waals surface area (Å²) >= 11 is 5.90. The van der Waals surface area contributed by atoms with E-state index in [9.17, 15) is 0 Å². The molecule has 0 aliphatic rings. The number of aromatic nitrogens is 2. The summed E-state index contributed by atoms with van der Waals surface area (Å²) in [6.07, 6.45) is 0.973. The van der Waals surface area contributed by atoms with Crippen LogP contribution in [0.4, 0.5) is 0 Å². The number of nitrogens with one attached hydrogen (secondary N) is 1. The van der Waals surface area contributed by atoms with E-state index in [1.807, 2.05) is 23.9 Å². The van der Waals surface area contributed by atoms with Crippen molar-refractivity contribution >= 4 is 11.6 Å². The number of nitrogens with zero attached hydrogens (tertiary/aromatic N) is 2. The van der Waals surface area contributed by atoms with Gasteiger partial charge >= 0.3 is 0 Å². The molecular formula is C15H20ClN3. The second kappa shape index (κ2) is 6.22. The molecule has 0 aliphatic carbocycles. The fourth-order valence-electron chi connectivity index (χ4n) is 2.04. The van der Waals surface area contributed by atoms with Crippen molar-refractivity contribution in [2.75, 3.05) is 0 Å². The maximum absolute atomic E-state index is 5.90. The largest absolute Gasteiger partial charge is 0.305 e. The second-order valence-corrected chi connectivity index (χ2v) is 5.19. The molecular weight excluding hydrogens is 258 g/mol. The van der Waals surface area contributed by atoms with Crippen LogP contribution in [0, 0.1) is 0 Å². The third kappa shape index (κ3) is 3.58. The van der Waals surface area contributed by atoms with E-state index in [0.29, 0.717) is 0 Å². The molecule has 19 heavy (non-hydrogen) atoms. The molecule has 2 aromatic rings. The van der Waals surface area contributed by atoms with Crippen molar-refractivity contribution < 1.29 is 0 Å². The predicted octanol–water partition coefficient (Wildman–Crippen LogP) is 3.49. The van der Waals surface area contributed by atoms with Gasteiger partial charge in [-0.3, -0.25) is 4.68 Å². The molecule has 2 rings (SSSR count). The predicted molar refractivity (Wildman–Crippen MR) is 79.3 cm³/mol. The van der Waals surface area contributed by atoms with Gasteiger partial charge in [-0.15, -0.1) is 0 Å². The van der Waals surface area contributed by atoms with Crippen LogP contribution in [0.25, 0.3) is 0 Å². The summed E-state index contributed by atoms with van der Waals surface area (Å²) in [7, 11) is 1.99. The summed E-state index contributed by atoms with van der Waals surface area (Å²) in [6.45, 7) is 5.09. The van der Waals surface area contributed by atoms with E-state index in [0.717, 1.165) is 23.7 Å². The molecule has 0 radical (unpaired) electrons. The van der Waals surface area contributed by atoms with Crippen LogP contribution in [0.2, 0.25) is 5.02 Å². The third-order valence-corrected chi connectivity index (χ3v) is 3.60. The molecule has 0 bridgehead atoms. The Hall–Kier alpha value is -1.32. The fourth-order valence-corrected chi connectivity index (χ4v) is 2.16. The molecule has 0 saturated carbocycles. The van der Waals surface area contributed by atoms with E-state index in [2.05, 4.69) is 42.5 Å². The maximum Gasteiger partial charge on any atom is 0.0625 e. The Bertz CT molecular complexity index is 531. The molecule has 1 atom stereocenters. The van der Waals surface area contributed by atoms with Gasteiger partial charge < -0.3 is 5.32 Å². The van der Waals surface area contributed by atoms with Gasteiger partial charge in [-0.05, 0) is 37.1 Å². The van der Waals surface area contributed by atoms with E-state index < -0.39 is 0 Å². The zero-order valence-corrected chi connectivity index (χ0v) is 12.4. The zero-order valence-electron chi connectivity index (χ0n) is 11.7. The fraction of sp³-hybridized carbons (Fsp3) is 0.400. The standard InChI is InChI=1S/C15H20ClN3/c1-4-14-9-15(19(3)18-14)10-17-11(2)12-5-7-13(16)8-6-12/h5-9,11,17H,4,10H2,1-3H3. The van der Waals surface area contributed by atoms with Gasteiger partial charge in [0.15, 0.2) is 0 Å². The Labute approximate surface area is 119 Å². The Morgan fingerprint density at radius 1 is 1.32 bits per heavy atom. The summed E-state index contributed by atoms with van der Waals surface area (Å²) in [5, 5.41) is 8.73. The second-order valence-electron chi connectivity index (χ2n) is 4.76. The SMILES string of the molecule is CCc1cc(CNC(C)c2ccc(Cl)cc2)n(C)n1. The topological polar surface area (TPSA) is 29.9 Å². The van der Waals surface area contributed by atoms with E-state index in [1.165, 1.54) is 11.3 Å². The lowest BCUT2D eigenvalue weighted by molar-refractivity contribution is 0.548.